The van der Waals surface area contributed by atoms with E-state index in [2.05, 4.69) is 0 Å². The first kappa shape index (κ1) is 15.7. The topological polar surface area (TPSA) is 57.6 Å². The number of rotatable bonds is 4. The van der Waals surface area contributed by atoms with Gasteiger partial charge in [-0.15, -0.1) is 11.3 Å². The van der Waals surface area contributed by atoms with Gasteiger partial charge in [0.25, 0.3) is 0 Å². The molecule has 2 aromatic rings. The summed E-state index contributed by atoms with van der Waals surface area (Å²) in [5.41, 5.74) is 1.10. The smallest absolute Gasteiger partial charge is 0.308 e. The zero-order valence-corrected chi connectivity index (χ0v) is 13.5. The second kappa shape index (κ2) is 6.96. The van der Waals surface area contributed by atoms with Crippen molar-refractivity contribution in [2.24, 2.45) is 5.92 Å². The maximum absolute atomic E-state index is 12.6. The van der Waals surface area contributed by atoms with E-state index in [1.54, 1.807) is 16.2 Å². The van der Waals surface area contributed by atoms with Crippen molar-refractivity contribution in [3.05, 3.63) is 58.3 Å². The van der Waals surface area contributed by atoms with Crippen LogP contribution in [0, 0.1) is 5.92 Å². The molecular formula is C18H19NO3S. The molecule has 2 atom stereocenters. The summed E-state index contributed by atoms with van der Waals surface area (Å²) in [5.74, 6) is -1.22. The molecule has 2 heterocycles. The van der Waals surface area contributed by atoms with E-state index in [1.807, 2.05) is 47.8 Å². The highest BCUT2D eigenvalue weighted by Gasteiger charge is 2.34. The molecule has 1 aromatic carbocycles. The zero-order valence-electron chi connectivity index (χ0n) is 12.7. The number of thiophene rings is 1. The highest BCUT2D eigenvalue weighted by Crippen LogP contribution is 2.31. The van der Waals surface area contributed by atoms with Gasteiger partial charge < -0.3 is 10.0 Å². The summed E-state index contributed by atoms with van der Waals surface area (Å²) in [6.45, 7) is 0.904. The number of nitrogens with zero attached hydrogens (tertiary/aromatic N) is 1. The van der Waals surface area contributed by atoms with Gasteiger partial charge in [0, 0.05) is 23.9 Å². The molecule has 0 unspecified atom stereocenters. The summed E-state index contributed by atoms with van der Waals surface area (Å²) in [6.07, 6.45) is 0.938. The Hall–Kier alpha value is -2.14. The van der Waals surface area contributed by atoms with Gasteiger partial charge in [-0.3, -0.25) is 9.59 Å². The molecule has 5 heteroatoms. The van der Waals surface area contributed by atoms with Gasteiger partial charge in [-0.25, -0.2) is 0 Å². The number of benzene rings is 1. The first-order chi connectivity index (χ1) is 11.1. The minimum absolute atomic E-state index is 0.0133. The van der Waals surface area contributed by atoms with Gasteiger partial charge in [-0.1, -0.05) is 36.4 Å². The second-order valence-electron chi connectivity index (χ2n) is 5.93. The summed E-state index contributed by atoms with van der Waals surface area (Å²) in [4.78, 5) is 26.8. The van der Waals surface area contributed by atoms with Gasteiger partial charge in [0.2, 0.25) is 5.91 Å². The average molecular weight is 329 g/mol. The molecule has 1 aliphatic heterocycles. The Morgan fingerprint density at radius 2 is 1.91 bits per heavy atom. The van der Waals surface area contributed by atoms with Crippen molar-refractivity contribution >= 4 is 23.2 Å². The highest BCUT2D eigenvalue weighted by atomic mass is 32.1. The van der Waals surface area contributed by atoms with Crippen molar-refractivity contribution in [2.45, 2.75) is 18.8 Å². The Morgan fingerprint density at radius 1 is 1.13 bits per heavy atom. The normalized spacial score (nSPS) is 21.1. The van der Waals surface area contributed by atoms with E-state index in [4.69, 9.17) is 0 Å². The number of aliphatic carboxylic acids is 1. The third-order valence-electron chi connectivity index (χ3n) is 4.33. The maximum atomic E-state index is 12.6. The Kier molecular flexibility index (Phi) is 4.76. The molecule has 0 spiro atoms. The number of carboxylic acid groups (broad SMARTS) is 1. The minimum atomic E-state index is -0.820. The van der Waals surface area contributed by atoms with Gasteiger partial charge in [0.05, 0.1) is 12.3 Å². The zero-order chi connectivity index (χ0) is 16.2. The van der Waals surface area contributed by atoms with Crippen molar-refractivity contribution in [2.75, 3.05) is 13.1 Å². The second-order valence-corrected chi connectivity index (χ2v) is 6.97. The maximum Gasteiger partial charge on any atom is 0.308 e. The van der Waals surface area contributed by atoms with Crippen LogP contribution in [-0.4, -0.2) is 35.0 Å². The molecule has 0 radical (unpaired) electrons. The van der Waals surface area contributed by atoms with Gasteiger partial charge in [-0.2, -0.15) is 0 Å². The van der Waals surface area contributed by atoms with E-state index in [1.165, 1.54) is 0 Å². The van der Waals surface area contributed by atoms with E-state index >= 15 is 0 Å². The molecule has 1 fully saturated rings. The van der Waals surface area contributed by atoms with Gasteiger partial charge in [0.1, 0.15) is 0 Å². The van der Waals surface area contributed by atoms with E-state index in [9.17, 15) is 14.7 Å². The van der Waals surface area contributed by atoms with Crippen LogP contribution in [0.3, 0.4) is 0 Å². The number of carbonyl (C=O) groups is 2. The molecule has 120 valence electrons. The number of hydrogen-bond donors (Lipinski definition) is 1. The van der Waals surface area contributed by atoms with Crippen LogP contribution in [0.15, 0.2) is 47.8 Å². The summed E-state index contributed by atoms with van der Waals surface area (Å²) >= 11 is 1.56. The van der Waals surface area contributed by atoms with Crippen LogP contribution in [0.1, 0.15) is 22.8 Å². The van der Waals surface area contributed by atoms with Crippen LogP contribution in [0.5, 0.6) is 0 Å². The summed E-state index contributed by atoms with van der Waals surface area (Å²) in [6, 6.07) is 13.7. The Labute approximate surface area is 139 Å². The standard InChI is InChI=1S/C18H19NO3S/c20-17(10-16-7-4-8-23-16)19-11-14(9-15(12-19)18(21)22)13-5-2-1-3-6-13/h1-8,14-15H,9-12H2,(H,21,22)/t14-,15+/m1/s1. The van der Waals surface area contributed by atoms with Crippen LogP contribution in [0.25, 0.3) is 0 Å². The lowest BCUT2D eigenvalue weighted by atomic mass is 9.84. The van der Waals surface area contributed by atoms with Crippen LogP contribution in [0.2, 0.25) is 0 Å². The molecule has 0 aliphatic carbocycles. The molecule has 3 rings (SSSR count). The van der Waals surface area contributed by atoms with Crippen LogP contribution < -0.4 is 0 Å². The molecule has 0 saturated carbocycles. The van der Waals surface area contributed by atoms with Gasteiger partial charge in [-0.05, 0) is 23.4 Å². The van der Waals surface area contributed by atoms with Crippen molar-refractivity contribution in [3.63, 3.8) is 0 Å². The van der Waals surface area contributed by atoms with Crippen molar-refractivity contribution in [3.8, 4) is 0 Å². The number of carbonyl (C=O) groups excluding carboxylic acids is 1. The highest BCUT2D eigenvalue weighted by molar-refractivity contribution is 7.10. The minimum Gasteiger partial charge on any atom is -0.481 e. The van der Waals surface area contributed by atoms with Gasteiger partial charge in [0.15, 0.2) is 0 Å². The number of amides is 1. The van der Waals surface area contributed by atoms with E-state index in [0.717, 1.165) is 10.4 Å². The predicted molar refractivity (Wildman–Crippen MR) is 89.5 cm³/mol. The molecule has 4 nitrogen and oxygen atoms in total. The number of likely N-dealkylation sites (tertiary alicyclic amines) is 1. The fourth-order valence-electron chi connectivity index (χ4n) is 3.12. The van der Waals surface area contributed by atoms with Crippen LogP contribution >= 0.6 is 11.3 Å². The number of carboxylic acids is 1. The van der Waals surface area contributed by atoms with Crippen LogP contribution in [0.4, 0.5) is 0 Å². The lowest BCUT2D eigenvalue weighted by molar-refractivity contribution is -0.146. The predicted octanol–water partition coefficient (Wildman–Crippen LogP) is 3.01. The first-order valence-corrected chi connectivity index (χ1v) is 8.59. The Bertz CT molecular complexity index is 669. The average Bonchev–Trinajstić information content (AvgIpc) is 3.08. The number of hydrogen-bond acceptors (Lipinski definition) is 3. The van der Waals surface area contributed by atoms with Crippen molar-refractivity contribution in [1.29, 1.82) is 0 Å². The summed E-state index contributed by atoms with van der Waals surface area (Å²) in [7, 11) is 0. The molecule has 1 N–H and O–H groups in total. The fourth-order valence-corrected chi connectivity index (χ4v) is 3.82. The third-order valence-corrected chi connectivity index (χ3v) is 5.21. The van der Waals surface area contributed by atoms with Gasteiger partial charge >= 0.3 is 5.97 Å². The van der Waals surface area contributed by atoms with E-state index < -0.39 is 11.9 Å². The number of piperidine rings is 1. The molecule has 1 amide bonds. The molecule has 1 saturated heterocycles. The molecule has 23 heavy (non-hydrogen) atoms. The van der Waals surface area contributed by atoms with Crippen molar-refractivity contribution in [1.82, 2.24) is 4.90 Å². The lowest BCUT2D eigenvalue weighted by Gasteiger charge is -2.36. The summed E-state index contributed by atoms with van der Waals surface area (Å²) < 4.78 is 0. The third kappa shape index (κ3) is 3.79. The fraction of sp³-hybridized carbons (Fsp3) is 0.333. The quantitative estimate of drug-likeness (QED) is 0.938. The molecule has 0 bridgehead atoms. The largest absolute Gasteiger partial charge is 0.481 e. The Morgan fingerprint density at radius 3 is 2.57 bits per heavy atom. The van der Waals surface area contributed by atoms with Crippen LogP contribution in [-0.2, 0) is 16.0 Å². The van der Waals surface area contributed by atoms with E-state index in [-0.39, 0.29) is 11.8 Å². The summed E-state index contributed by atoms with van der Waals surface area (Å²) in [5, 5.41) is 11.4. The SMILES string of the molecule is O=C(O)[C@H]1C[C@@H](c2ccccc2)CN(C(=O)Cc2cccs2)C1. The first-order valence-electron chi connectivity index (χ1n) is 7.71. The molecule has 1 aliphatic rings. The lowest BCUT2D eigenvalue weighted by Crippen LogP contribution is -2.46. The monoisotopic (exact) mass is 329 g/mol. The van der Waals surface area contributed by atoms with Crippen molar-refractivity contribution < 1.29 is 14.7 Å². The van der Waals surface area contributed by atoms with E-state index in [0.29, 0.717) is 25.9 Å². The Balaban J connectivity index is 1.76. The molecule has 1 aromatic heterocycles. The molecular weight excluding hydrogens is 310 g/mol.